The molecule has 0 aliphatic carbocycles. The number of hydrogen-bond acceptors (Lipinski definition) is 5. The molecule has 0 fully saturated rings. The van der Waals surface area contributed by atoms with E-state index >= 15 is 0 Å². The number of ether oxygens (including phenoxy) is 1. The van der Waals surface area contributed by atoms with Crippen LogP contribution in [0.1, 0.15) is 15.9 Å². The summed E-state index contributed by atoms with van der Waals surface area (Å²) in [6.45, 7) is 2.04. The number of anilines is 3. The van der Waals surface area contributed by atoms with Gasteiger partial charge in [-0.15, -0.1) is 0 Å². The number of nitrogens with one attached hydrogen (secondary N) is 2. The van der Waals surface area contributed by atoms with Gasteiger partial charge in [-0.25, -0.2) is 9.97 Å². The first-order valence-corrected chi connectivity index (χ1v) is 9.83. The van der Waals surface area contributed by atoms with Gasteiger partial charge in [0.1, 0.15) is 11.6 Å². The topological polar surface area (TPSA) is 76.1 Å². The van der Waals surface area contributed by atoms with E-state index in [4.69, 9.17) is 4.74 Å². The van der Waals surface area contributed by atoms with Gasteiger partial charge in [0, 0.05) is 34.8 Å². The van der Waals surface area contributed by atoms with Gasteiger partial charge in [-0.1, -0.05) is 35.9 Å². The number of carbonyl (C=O) groups is 1. The molecule has 0 spiro atoms. The Balaban J connectivity index is 1.44. The Morgan fingerprint density at radius 2 is 1.68 bits per heavy atom. The third-order valence-electron chi connectivity index (χ3n) is 4.71. The van der Waals surface area contributed by atoms with E-state index in [2.05, 4.69) is 20.6 Å². The third-order valence-corrected chi connectivity index (χ3v) is 4.71. The molecule has 31 heavy (non-hydrogen) atoms. The molecule has 4 rings (SSSR count). The second-order valence-electron chi connectivity index (χ2n) is 7.02. The number of amides is 1. The van der Waals surface area contributed by atoms with E-state index in [0.717, 1.165) is 11.3 Å². The molecule has 4 aromatic rings. The molecule has 0 aliphatic heterocycles. The summed E-state index contributed by atoms with van der Waals surface area (Å²) in [6.07, 6.45) is 1.72. The lowest BCUT2D eigenvalue weighted by Gasteiger charge is -2.09. The molecule has 0 aliphatic rings. The highest BCUT2D eigenvalue weighted by Crippen LogP contribution is 2.21. The number of nitrogens with zero attached hydrogens (tertiary/aromatic N) is 2. The summed E-state index contributed by atoms with van der Waals surface area (Å²) in [4.78, 5) is 21.5. The predicted molar refractivity (Wildman–Crippen MR) is 123 cm³/mol. The monoisotopic (exact) mass is 410 g/mol. The largest absolute Gasteiger partial charge is 0.497 e. The summed E-state index contributed by atoms with van der Waals surface area (Å²) >= 11 is 0. The Morgan fingerprint density at radius 3 is 2.42 bits per heavy atom. The van der Waals surface area contributed by atoms with E-state index < -0.39 is 0 Å². The molecule has 154 valence electrons. The van der Waals surface area contributed by atoms with Crippen molar-refractivity contribution in [1.82, 2.24) is 9.97 Å². The number of benzene rings is 3. The molecule has 1 aromatic heterocycles. The van der Waals surface area contributed by atoms with Crippen molar-refractivity contribution >= 4 is 23.1 Å². The van der Waals surface area contributed by atoms with Gasteiger partial charge in [-0.2, -0.15) is 0 Å². The maximum atomic E-state index is 12.5. The van der Waals surface area contributed by atoms with E-state index in [1.807, 2.05) is 61.5 Å². The quantitative estimate of drug-likeness (QED) is 0.442. The summed E-state index contributed by atoms with van der Waals surface area (Å²) in [5, 5.41) is 6.13. The van der Waals surface area contributed by atoms with Crippen molar-refractivity contribution < 1.29 is 9.53 Å². The van der Waals surface area contributed by atoms with Crippen LogP contribution in [0.3, 0.4) is 0 Å². The van der Waals surface area contributed by atoms with Crippen molar-refractivity contribution in [3.8, 4) is 17.1 Å². The zero-order chi connectivity index (χ0) is 21.6. The van der Waals surface area contributed by atoms with E-state index in [-0.39, 0.29) is 5.91 Å². The van der Waals surface area contributed by atoms with Crippen molar-refractivity contribution in [3.63, 3.8) is 0 Å². The highest BCUT2D eigenvalue weighted by atomic mass is 16.5. The SMILES string of the molecule is COc1cccc(NC(=O)c2ccc(Nc3ccnc(-c4ccc(C)cc4)n3)cc2)c1. The second kappa shape index (κ2) is 9.09. The number of carbonyl (C=O) groups excluding carboxylic acids is 1. The smallest absolute Gasteiger partial charge is 0.255 e. The van der Waals surface area contributed by atoms with E-state index in [1.54, 1.807) is 37.6 Å². The van der Waals surface area contributed by atoms with Crippen LogP contribution < -0.4 is 15.4 Å². The molecule has 1 amide bonds. The Kier molecular flexibility index (Phi) is 5.89. The average Bonchev–Trinajstić information content (AvgIpc) is 2.80. The van der Waals surface area contributed by atoms with E-state index in [1.165, 1.54) is 5.56 Å². The summed E-state index contributed by atoms with van der Waals surface area (Å²) in [5.74, 6) is 1.83. The van der Waals surface area contributed by atoms with Gasteiger partial charge in [0.05, 0.1) is 7.11 Å². The lowest BCUT2D eigenvalue weighted by atomic mass is 10.1. The number of rotatable bonds is 6. The van der Waals surface area contributed by atoms with Crippen LogP contribution in [-0.2, 0) is 0 Å². The van der Waals surface area contributed by atoms with Crippen molar-refractivity contribution in [2.45, 2.75) is 6.92 Å². The lowest BCUT2D eigenvalue weighted by Crippen LogP contribution is -2.11. The van der Waals surface area contributed by atoms with Crippen LogP contribution in [-0.4, -0.2) is 23.0 Å². The summed E-state index contributed by atoms with van der Waals surface area (Å²) in [7, 11) is 1.59. The van der Waals surface area contributed by atoms with Gasteiger partial charge < -0.3 is 15.4 Å². The fourth-order valence-corrected chi connectivity index (χ4v) is 3.03. The van der Waals surface area contributed by atoms with Crippen LogP contribution in [0, 0.1) is 6.92 Å². The molecule has 6 nitrogen and oxygen atoms in total. The Labute approximate surface area is 181 Å². The summed E-state index contributed by atoms with van der Waals surface area (Å²) in [5.41, 5.74) is 4.20. The molecule has 0 atom stereocenters. The highest BCUT2D eigenvalue weighted by molar-refractivity contribution is 6.04. The molecule has 0 radical (unpaired) electrons. The Hall–Kier alpha value is -4.19. The van der Waals surface area contributed by atoms with E-state index in [0.29, 0.717) is 28.6 Å². The second-order valence-corrected chi connectivity index (χ2v) is 7.02. The Bertz CT molecular complexity index is 1190. The molecule has 0 saturated carbocycles. The van der Waals surface area contributed by atoms with Gasteiger partial charge in [0.25, 0.3) is 5.91 Å². The van der Waals surface area contributed by atoms with Crippen LogP contribution in [0.25, 0.3) is 11.4 Å². The van der Waals surface area contributed by atoms with Gasteiger partial charge in [0.15, 0.2) is 5.82 Å². The minimum Gasteiger partial charge on any atom is -0.497 e. The molecule has 1 heterocycles. The van der Waals surface area contributed by atoms with Crippen molar-refractivity contribution in [2.24, 2.45) is 0 Å². The van der Waals surface area contributed by atoms with E-state index in [9.17, 15) is 4.79 Å². The molecule has 0 saturated heterocycles. The number of methoxy groups -OCH3 is 1. The molecular weight excluding hydrogens is 388 g/mol. The Morgan fingerprint density at radius 1 is 0.903 bits per heavy atom. The lowest BCUT2D eigenvalue weighted by molar-refractivity contribution is 0.102. The van der Waals surface area contributed by atoms with Gasteiger partial charge in [-0.05, 0) is 49.4 Å². The predicted octanol–water partition coefficient (Wildman–Crippen LogP) is 5.46. The van der Waals surface area contributed by atoms with Crippen LogP contribution in [0.4, 0.5) is 17.2 Å². The minimum atomic E-state index is -0.191. The maximum absolute atomic E-state index is 12.5. The number of hydrogen-bond donors (Lipinski definition) is 2. The molecular formula is C25H22N4O2. The standard InChI is InChI=1S/C25H22N4O2/c1-17-6-8-18(9-7-17)24-26-15-14-23(29-24)27-20-12-10-19(11-13-20)25(30)28-21-4-3-5-22(16-21)31-2/h3-16H,1-2H3,(H,28,30)(H,26,27,29). The van der Waals surface area contributed by atoms with Crippen LogP contribution >= 0.6 is 0 Å². The van der Waals surface area contributed by atoms with Crippen molar-refractivity contribution in [2.75, 3.05) is 17.7 Å². The molecule has 6 heteroatoms. The summed E-state index contributed by atoms with van der Waals surface area (Å²) < 4.78 is 5.19. The first kappa shape index (κ1) is 20.1. The first-order valence-electron chi connectivity index (χ1n) is 9.83. The van der Waals surface area contributed by atoms with Gasteiger partial charge in [-0.3, -0.25) is 4.79 Å². The number of aryl methyl sites for hydroxylation is 1. The fraction of sp³-hybridized carbons (Fsp3) is 0.0800. The van der Waals surface area contributed by atoms with Crippen molar-refractivity contribution in [1.29, 1.82) is 0 Å². The van der Waals surface area contributed by atoms with Gasteiger partial charge in [0.2, 0.25) is 0 Å². The molecule has 0 unspecified atom stereocenters. The molecule has 3 aromatic carbocycles. The number of aromatic nitrogens is 2. The average molecular weight is 410 g/mol. The summed E-state index contributed by atoms with van der Waals surface area (Å²) in [6, 6.07) is 24.3. The maximum Gasteiger partial charge on any atom is 0.255 e. The van der Waals surface area contributed by atoms with Crippen LogP contribution in [0.2, 0.25) is 0 Å². The third kappa shape index (κ3) is 5.05. The normalized spacial score (nSPS) is 10.4. The van der Waals surface area contributed by atoms with Crippen LogP contribution in [0.15, 0.2) is 85.1 Å². The van der Waals surface area contributed by atoms with Crippen LogP contribution in [0.5, 0.6) is 5.75 Å². The fourth-order valence-electron chi connectivity index (χ4n) is 3.03. The minimum absolute atomic E-state index is 0.191. The zero-order valence-electron chi connectivity index (χ0n) is 17.3. The highest BCUT2D eigenvalue weighted by Gasteiger charge is 2.08. The van der Waals surface area contributed by atoms with Crippen molar-refractivity contribution in [3.05, 3.63) is 96.2 Å². The molecule has 2 N–H and O–H groups in total. The first-order chi connectivity index (χ1) is 15.1. The molecule has 0 bridgehead atoms. The zero-order valence-corrected chi connectivity index (χ0v) is 17.3. The van der Waals surface area contributed by atoms with Gasteiger partial charge >= 0.3 is 0 Å².